The minimum atomic E-state index is -0.674. The van der Waals surface area contributed by atoms with Gasteiger partial charge in [0.05, 0.1) is 6.20 Å². The molecule has 2 atom stereocenters. The lowest BCUT2D eigenvalue weighted by molar-refractivity contribution is 0.189. The monoisotopic (exact) mass is 340 g/mol. The second kappa shape index (κ2) is 6.29. The van der Waals surface area contributed by atoms with Gasteiger partial charge in [-0.15, -0.1) is 0 Å². The zero-order valence-electron chi connectivity index (χ0n) is 14.2. The smallest absolute Gasteiger partial charge is 0.298 e. The van der Waals surface area contributed by atoms with Crippen LogP contribution in [0.25, 0.3) is 11.1 Å². The summed E-state index contributed by atoms with van der Waals surface area (Å²) in [5.41, 5.74) is 1.52. The van der Waals surface area contributed by atoms with Gasteiger partial charge in [0.2, 0.25) is 0 Å². The molecule has 4 heterocycles. The second-order valence-electron chi connectivity index (χ2n) is 6.28. The van der Waals surface area contributed by atoms with Crippen molar-refractivity contribution in [1.82, 2.24) is 19.9 Å². The van der Waals surface area contributed by atoms with Crippen molar-refractivity contribution in [2.45, 2.75) is 26.0 Å². The van der Waals surface area contributed by atoms with E-state index in [0.717, 1.165) is 36.6 Å². The molecule has 0 saturated carbocycles. The second-order valence-corrected chi connectivity index (χ2v) is 6.28. The number of aliphatic hydroxyl groups excluding tert-OH is 1. The zero-order chi connectivity index (χ0) is 17.4. The molecule has 1 N–H and O–H groups in total. The van der Waals surface area contributed by atoms with Crippen molar-refractivity contribution in [1.29, 1.82) is 0 Å². The summed E-state index contributed by atoms with van der Waals surface area (Å²) in [5, 5.41) is 9.68. The van der Waals surface area contributed by atoms with Crippen LogP contribution in [0.4, 0.5) is 11.8 Å². The molecule has 1 aliphatic heterocycles. The van der Waals surface area contributed by atoms with E-state index in [4.69, 9.17) is 4.42 Å². The fourth-order valence-corrected chi connectivity index (χ4v) is 3.08. The predicted octanol–water partition coefficient (Wildman–Crippen LogP) is 1.78. The van der Waals surface area contributed by atoms with Crippen molar-refractivity contribution < 1.29 is 9.52 Å². The van der Waals surface area contributed by atoms with Crippen LogP contribution < -0.4 is 9.80 Å². The molecule has 0 aliphatic carbocycles. The van der Waals surface area contributed by atoms with Crippen molar-refractivity contribution >= 4 is 22.9 Å². The molecule has 130 valence electrons. The highest BCUT2D eigenvalue weighted by molar-refractivity contribution is 5.73. The standard InChI is InChI=1S/C17H20N6O2/c1-11-10-22(15-4-6-19-16(21-15)12(2)24)7-8-23(11)17-20-13-9-18-5-3-14(13)25-17/h3-6,9,11-12,24H,7-8,10H2,1-2H3/t11-,12+/m0/s1. The van der Waals surface area contributed by atoms with Crippen molar-refractivity contribution in [3.63, 3.8) is 0 Å². The summed E-state index contributed by atoms with van der Waals surface area (Å²) in [5.74, 6) is 1.28. The number of hydrogen-bond donors (Lipinski definition) is 1. The molecule has 0 radical (unpaired) electrons. The van der Waals surface area contributed by atoms with Crippen LogP contribution in [-0.2, 0) is 0 Å². The molecule has 1 fully saturated rings. The first-order valence-corrected chi connectivity index (χ1v) is 8.35. The van der Waals surface area contributed by atoms with Crippen LogP contribution in [0, 0.1) is 0 Å². The summed E-state index contributed by atoms with van der Waals surface area (Å²) in [6.45, 7) is 6.15. The lowest BCUT2D eigenvalue weighted by Crippen LogP contribution is -2.52. The maximum absolute atomic E-state index is 9.68. The first kappa shape index (κ1) is 15.8. The Labute approximate surface area is 145 Å². The molecule has 4 rings (SSSR count). The fourth-order valence-electron chi connectivity index (χ4n) is 3.08. The van der Waals surface area contributed by atoms with E-state index in [1.165, 1.54) is 0 Å². The van der Waals surface area contributed by atoms with Crippen LogP contribution in [0.5, 0.6) is 0 Å². The topological polar surface area (TPSA) is 91.4 Å². The molecule has 8 nitrogen and oxygen atoms in total. The summed E-state index contributed by atoms with van der Waals surface area (Å²) in [4.78, 5) is 21.5. The van der Waals surface area contributed by atoms with Crippen LogP contribution in [0.1, 0.15) is 25.8 Å². The van der Waals surface area contributed by atoms with E-state index < -0.39 is 6.10 Å². The minimum Gasteiger partial charge on any atom is -0.423 e. The summed E-state index contributed by atoms with van der Waals surface area (Å²) >= 11 is 0. The number of aliphatic hydroxyl groups is 1. The van der Waals surface area contributed by atoms with Gasteiger partial charge in [0, 0.05) is 44.1 Å². The largest absolute Gasteiger partial charge is 0.423 e. The van der Waals surface area contributed by atoms with Gasteiger partial charge in [-0.05, 0) is 19.9 Å². The maximum Gasteiger partial charge on any atom is 0.298 e. The molecule has 8 heteroatoms. The van der Waals surface area contributed by atoms with E-state index in [0.29, 0.717) is 11.8 Å². The third-order valence-corrected chi connectivity index (χ3v) is 4.41. The number of piperazine rings is 1. The van der Waals surface area contributed by atoms with Crippen LogP contribution in [0.2, 0.25) is 0 Å². The summed E-state index contributed by atoms with van der Waals surface area (Å²) in [6, 6.07) is 4.53. The highest BCUT2D eigenvalue weighted by Gasteiger charge is 2.28. The van der Waals surface area contributed by atoms with Crippen molar-refractivity contribution in [2.75, 3.05) is 29.4 Å². The normalized spacial score (nSPS) is 19.4. The number of fused-ring (bicyclic) bond motifs is 1. The van der Waals surface area contributed by atoms with Crippen molar-refractivity contribution in [2.24, 2.45) is 0 Å². The zero-order valence-corrected chi connectivity index (χ0v) is 14.2. The highest BCUT2D eigenvalue weighted by atomic mass is 16.4. The molecular formula is C17H20N6O2. The van der Waals surface area contributed by atoms with E-state index in [9.17, 15) is 5.11 Å². The molecule has 1 saturated heterocycles. The Morgan fingerprint density at radius 2 is 2.12 bits per heavy atom. The van der Waals surface area contributed by atoms with Crippen LogP contribution >= 0.6 is 0 Å². The number of nitrogens with zero attached hydrogens (tertiary/aromatic N) is 6. The van der Waals surface area contributed by atoms with Gasteiger partial charge in [0.1, 0.15) is 17.4 Å². The van der Waals surface area contributed by atoms with E-state index in [2.05, 4.69) is 36.7 Å². The van der Waals surface area contributed by atoms with Crippen LogP contribution in [0.15, 0.2) is 35.1 Å². The molecule has 25 heavy (non-hydrogen) atoms. The van der Waals surface area contributed by atoms with Crippen LogP contribution in [-0.4, -0.2) is 50.7 Å². The maximum atomic E-state index is 9.68. The van der Waals surface area contributed by atoms with Gasteiger partial charge < -0.3 is 19.3 Å². The molecule has 0 spiro atoms. The average molecular weight is 340 g/mol. The number of anilines is 2. The van der Waals surface area contributed by atoms with Gasteiger partial charge in [0.15, 0.2) is 11.4 Å². The number of oxazole rings is 1. The van der Waals surface area contributed by atoms with E-state index in [-0.39, 0.29) is 6.04 Å². The molecule has 0 amide bonds. The number of rotatable bonds is 3. The molecule has 1 aliphatic rings. The van der Waals surface area contributed by atoms with E-state index in [1.54, 1.807) is 25.5 Å². The third-order valence-electron chi connectivity index (χ3n) is 4.41. The van der Waals surface area contributed by atoms with Crippen molar-refractivity contribution in [3.8, 4) is 0 Å². The quantitative estimate of drug-likeness (QED) is 0.771. The van der Waals surface area contributed by atoms with Gasteiger partial charge in [-0.25, -0.2) is 9.97 Å². The molecule has 3 aromatic heterocycles. The van der Waals surface area contributed by atoms with Gasteiger partial charge in [-0.2, -0.15) is 4.98 Å². The lowest BCUT2D eigenvalue weighted by Gasteiger charge is -2.39. The molecular weight excluding hydrogens is 320 g/mol. The molecule has 0 aromatic carbocycles. The van der Waals surface area contributed by atoms with Gasteiger partial charge in [0.25, 0.3) is 6.01 Å². The van der Waals surface area contributed by atoms with Gasteiger partial charge in [-0.1, -0.05) is 0 Å². The lowest BCUT2D eigenvalue weighted by atomic mass is 10.2. The first-order chi connectivity index (χ1) is 12.1. The summed E-state index contributed by atoms with van der Waals surface area (Å²) in [7, 11) is 0. The van der Waals surface area contributed by atoms with Crippen LogP contribution in [0.3, 0.4) is 0 Å². The number of aromatic nitrogens is 4. The Kier molecular flexibility index (Phi) is 3.96. The fraction of sp³-hybridized carbons (Fsp3) is 0.412. The summed E-state index contributed by atoms with van der Waals surface area (Å²) < 4.78 is 5.87. The number of pyridine rings is 1. The van der Waals surface area contributed by atoms with Gasteiger partial charge >= 0.3 is 0 Å². The average Bonchev–Trinajstić information content (AvgIpc) is 3.05. The molecule has 3 aromatic rings. The third kappa shape index (κ3) is 3.00. The molecule has 0 bridgehead atoms. The highest BCUT2D eigenvalue weighted by Crippen LogP contribution is 2.26. The minimum absolute atomic E-state index is 0.208. The van der Waals surface area contributed by atoms with Gasteiger partial charge in [-0.3, -0.25) is 4.98 Å². The Morgan fingerprint density at radius 1 is 1.24 bits per heavy atom. The Balaban J connectivity index is 1.53. The summed E-state index contributed by atoms with van der Waals surface area (Å²) in [6.07, 6.45) is 4.43. The van der Waals surface area contributed by atoms with E-state index in [1.807, 2.05) is 12.1 Å². The van der Waals surface area contributed by atoms with Crippen molar-refractivity contribution in [3.05, 3.63) is 36.5 Å². The first-order valence-electron chi connectivity index (χ1n) is 8.35. The Morgan fingerprint density at radius 3 is 2.88 bits per heavy atom. The Hall–Kier alpha value is -2.74. The Bertz CT molecular complexity index is 847. The molecule has 0 unspecified atom stereocenters. The SMILES string of the molecule is C[C@@H](O)c1nccc(N2CCN(c3nc4cnccc4o3)[C@@H](C)C2)n1. The predicted molar refractivity (Wildman–Crippen MR) is 93.5 cm³/mol. The van der Waals surface area contributed by atoms with E-state index >= 15 is 0 Å². The number of hydrogen-bond acceptors (Lipinski definition) is 8.